The van der Waals surface area contributed by atoms with Crippen LogP contribution in [0, 0.1) is 16.0 Å². The van der Waals surface area contributed by atoms with Gasteiger partial charge < -0.3 is 15.4 Å². The molecule has 2 N–H and O–H groups in total. The minimum absolute atomic E-state index is 0.142. The molecule has 0 amide bonds. The molecule has 1 saturated carbocycles. The fraction of sp³-hybridized carbons (Fsp3) is 0.632. The van der Waals surface area contributed by atoms with Crippen LogP contribution >= 0.6 is 0 Å². The van der Waals surface area contributed by atoms with Gasteiger partial charge in [0.1, 0.15) is 0 Å². The number of nitrogens with one attached hydrogen (secondary N) is 2. The van der Waals surface area contributed by atoms with E-state index in [2.05, 4.69) is 15.6 Å². The molecular formula is C19H30N4O3. The maximum atomic E-state index is 10.6. The van der Waals surface area contributed by atoms with Gasteiger partial charge >= 0.3 is 0 Å². The van der Waals surface area contributed by atoms with Crippen LogP contribution in [-0.4, -0.2) is 44.2 Å². The molecule has 1 aromatic carbocycles. The van der Waals surface area contributed by atoms with Crippen LogP contribution in [0.15, 0.2) is 29.3 Å². The van der Waals surface area contributed by atoms with Gasteiger partial charge in [0.25, 0.3) is 5.69 Å². The van der Waals surface area contributed by atoms with E-state index in [0.717, 1.165) is 69.4 Å². The fourth-order valence-electron chi connectivity index (χ4n) is 2.58. The van der Waals surface area contributed by atoms with Crippen LogP contribution in [0.5, 0.6) is 0 Å². The van der Waals surface area contributed by atoms with Crippen LogP contribution in [0.4, 0.5) is 5.69 Å². The van der Waals surface area contributed by atoms with Gasteiger partial charge in [0.2, 0.25) is 0 Å². The molecule has 1 fully saturated rings. The fourth-order valence-corrected chi connectivity index (χ4v) is 2.58. The van der Waals surface area contributed by atoms with Crippen molar-refractivity contribution >= 4 is 11.6 Å². The molecule has 1 aromatic rings. The molecule has 0 saturated heterocycles. The highest BCUT2D eigenvalue weighted by molar-refractivity contribution is 5.79. The van der Waals surface area contributed by atoms with E-state index in [1.54, 1.807) is 19.2 Å². The van der Waals surface area contributed by atoms with Gasteiger partial charge in [0, 0.05) is 45.5 Å². The lowest BCUT2D eigenvalue weighted by Gasteiger charge is -2.12. The number of benzene rings is 1. The summed E-state index contributed by atoms with van der Waals surface area (Å²) in [6.45, 7) is 3.43. The Morgan fingerprint density at radius 2 is 1.88 bits per heavy atom. The third-order valence-electron chi connectivity index (χ3n) is 4.36. The zero-order valence-electron chi connectivity index (χ0n) is 15.6. The Bertz CT molecular complexity index is 571. The van der Waals surface area contributed by atoms with Gasteiger partial charge in [-0.05, 0) is 50.0 Å². The van der Waals surface area contributed by atoms with Crippen molar-refractivity contribution in [3.63, 3.8) is 0 Å². The molecule has 0 atom stereocenters. The molecule has 26 heavy (non-hydrogen) atoms. The molecule has 0 heterocycles. The molecule has 7 heteroatoms. The average molecular weight is 362 g/mol. The van der Waals surface area contributed by atoms with Crippen molar-refractivity contribution in [2.45, 2.75) is 38.5 Å². The van der Waals surface area contributed by atoms with Crippen molar-refractivity contribution in [3.05, 3.63) is 39.9 Å². The Morgan fingerprint density at radius 1 is 1.19 bits per heavy atom. The van der Waals surface area contributed by atoms with Crippen molar-refractivity contribution in [1.82, 2.24) is 10.6 Å². The molecular weight excluding hydrogens is 332 g/mol. The lowest BCUT2D eigenvalue weighted by Crippen LogP contribution is -2.38. The molecule has 7 nitrogen and oxygen atoms in total. The maximum Gasteiger partial charge on any atom is 0.269 e. The second-order valence-electron chi connectivity index (χ2n) is 6.68. The Balaban J connectivity index is 1.48. The van der Waals surface area contributed by atoms with Crippen molar-refractivity contribution in [2.75, 3.05) is 33.4 Å². The van der Waals surface area contributed by atoms with Crippen molar-refractivity contribution < 1.29 is 9.66 Å². The van der Waals surface area contributed by atoms with Crippen LogP contribution in [-0.2, 0) is 11.2 Å². The highest BCUT2D eigenvalue weighted by Crippen LogP contribution is 2.28. The summed E-state index contributed by atoms with van der Waals surface area (Å²) >= 11 is 0. The molecule has 144 valence electrons. The lowest BCUT2D eigenvalue weighted by atomic mass is 10.1. The van der Waals surface area contributed by atoms with Crippen LogP contribution in [0.1, 0.15) is 37.7 Å². The quantitative estimate of drug-likeness (QED) is 0.196. The van der Waals surface area contributed by atoms with Gasteiger partial charge in [-0.1, -0.05) is 12.1 Å². The van der Waals surface area contributed by atoms with Crippen LogP contribution in [0.3, 0.4) is 0 Å². The van der Waals surface area contributed by atoms with E-state index in [-0.39, 0.29) is 10.6 Å². The molecule has 0 aromatic heterocycles. The van der Waals surface area contributed by atoms with E-state index in [1.807, 2.05) is 12.1 Å². The van der Waals surface area contributed by atoms with Gasteiger partial charge in [-0.2, -0.15) is 0 Å². The molecule has 0 spiro atoms. The third kappa shape index (κ3) is 8.29. The number of hydrogen-bond acceptors (Lipinski definition) is 4. The second-order valence-corrected chi connectivity index (χ2v) is 6.68. The Hall–Kier alpha value is -2.15. The number of aliphatic imine (C=N–C) groups is 1. The van der Waals surface area contributed by atoms with E-state index in [4.69, 9.17) is 4.74 Å². The Labute approximate surface area is 155 Å². The standard InChI is InChI=1S/C19H30N4O3/c1-20-19(22-13-4-14-26-15-17-6-7-17)21-12-3-2-5-16-8-10-18(11-9-16)23(24)25/h8-11,17H,2-7,12-15H2,1H3,(H2,20,21,22). The Kier molecular flexibility index (Phi) is 8.89. The molecule has 1 aliphatic carbocycles. The second kappa shape index (κ2) is 11.5. The van der Waals surface area contributed by atoms with E-state index >= 15 is 0 Å². The van der Waals surface area contributed by atoms with Crippen LogP contribution in [0.2, 0.25) is 0 Å². The minimum atomic E-state index is -0.369. The number of guanidine groups is 1. The van der Waals surface area contributed by atoms with E-state index in [1.165, 1.54) is 12.8 Å². The summed E-state index contributed by atoms with van der Waals surface area (Å²) in [4.78, 5) is 14.5. The summed E-state index contributed by atoms with van der Waals surface area (Å²) in [5.41, 5.74) is 1.27. The first-order chi connectivity index (χ1) is 12.7. The highest BCUT2D eigenvalue weighted by atomic mass is 16.6. The summed E-state index contributed by atoms with van der Waals surface area (Å²) in [7, 11) is 1.77. The number of nitrogens with zero attached hydrogens (tertiary/aromatic N) is 2. The Morgan fingerprint density at radius 3 is 2.50 bits per heavy atom. The summed E-state index contributed by atoms with van der Waals surface area (Å²) in [5, 5.41) is 17.2. The van der Waals surface area contributed by atoms with E-state index in [9.17, 15) is 10.1 Å². The molecule has 1 aliphatic rings. The van der Waals surface area contributed by atoms with Crippen LogP contribution in [0.25, 0.3) is 0 Å². The first kappa shape index (κ1) is 20.2. The van der Waals surface area contributed by atoms with Gasteiger partial charge in [-0.15, -0.1) is 0 Å². The number of nitro groups is 1. The van der Waals surface area contributed by atoms with Gasteiger partial charge in [-0.3, -0.25) is 15.1 Å². The third-order valence-corrected chi connectivity index (χ3v) is 4.36. The summed E-state index contributed by atoms with van der Waals surface area (Å²) in [6, 6.07) is 6.79. The van der Waals surface area contributed by atoms with E-state index < -0.39 is 0 Å². The number of non-ortho nitro benzene ring substituents is 1. The molecule has 0 unspecified atom stereocenters. The van der Waals surface area contributed by atoms with Gasteiger partial charge in [0.15, 0.2) is 5.96 Å². The predicted octanol–water partition coefficient (Wildman–Crippen LogP) is 2.90. The molecule has 2 rings (SSSR count). The predicted molar refractivity (Wildman–Crippen MR) is 104 cm³/mol. The zero-order chi connectivity index (χ0) is 18.6. The van der Waals surface area contributed by atoms with Crippen molar-refractivity contribution in [2.24, 2.45) is 10.9 Å². The SMILES string of the molecule is CN=C(NCCCCc1ccc([N+](=O)[O-])cc1)NCCCOCC1CC1. The minimum Gasteiger partial charge on any atom is -0.381 e. The van der Waals surface area contributed by atoms with Crippen molar-refractivity contribution in [3.8, 4) is 0 Å². The van der Waals surface area contributed by atoms with Crippen LogP contribution < -0.4 is 10.6 Å². The topological polar surface area (TPSA) is 88.8 Å². The van der Waals surface area contributed by atoms with E-state index in [0.29, 0.717) is 0 Å². The summed E-state index contributed by atoms with van der Waals surface area (Å²) in [5.74, 6) is 1.64. The molecule has 0 aliphatic heterocycles. The largest absolute Gasteiger partial charge is 0.381 e. The normalized spacial score (nSPS) is 14.3. The smallest absolute Gasteiger partial charge is 0.269 e. The number of rotatable bonds is 12. The summed E-state index contributed by atoms with van der Waals surface area (Å²) in [6.07, 6.45) is 6.61. The number of aryl methyl sites for hydroxylation is 1. The first-order valence-electron chi connectivity index (χ1n) is 9.44. The molecule has 0 bridgehead atoms. The highest BCUT2D eigenvalue weighted by Gasteiger charge is 2.20. The number of unbranched alkanes of at least 4 members (excludes halogenated alkanes) is 1. The summed E-state index contributed by atoms with van der Waals surface area (Å²) < 4.78 is 5.61. The average Bonchev–Trinajstić information content (AvgIpc) is 3.47. The van der Waals surface area contributed by atoms with Gasteiger partial charge in [-0.25, -0.2) is 0 Å². The zero-order valence-corrected chi connectivity index (χ0v) is 15.6. The monoisotopic (exact) mass is 362 g/mol. The first-order valence-corrected chi connectivity index (χ1v) is 9.44. The lowest BCUT2D eigenvalue weighted by molar-refractivity contribution is -0.384. The number of nitro benzene ring substituents is 1. The van der Waals surface area contributed by atoms with Gasteiger partial charge in [0.05, 0.1) is 4.92 Å². The molecule has 0 radical (unpaired) electrons. The number of ether oxygens (including phenoxy) is 1. The maximum absolute atomic E-state index is 10.6. The number of hydrogen-bond donors (Lipinski definition) is 2. The van der Waals surface area contributed by atoms with Crippen molar-refractivity contribution in [1.29, 1.82) is 0 Å².